The third-order valence-corrected chi connectivity index (χ3v) is 9.58. The Morgan fingerprint density at radius 1 is 0.974 bits per heavy atom. The van der Waals surface area contributed by atoms with Crippen molar-refractivity contribution in [1.82, 2.24) is 4.90 Å². The number of amides is 1. The summed E-state index contributed by atoms with van der Waals surface area (Å²) in [6, 6.07) is 21.8. The quantitative estimate of drug-likeness (QED) is 0.436. The molecule has 4 aliphatic rings. The zero-order valence-corrected chi connectivity index (χ0v) is 22.6. The largest absolute Gasteiger partial charge is 0.496 e. The van der Waals surface area contributed by atoms with Gasteiger partial charge in [-0.3, -0.25) is 9.59 Å². The summed E-state index contributed by atoms with van der Waals surface area (Å²) >= 11 is 0. The predicted molar refractivity (Wildman–Crippen MR) is 149 cm³/mol. The molecule has 6 heteroatoms. The molecule has 4 unspecified atom stereocenters. The molecule has 3 aromatic rings. The monoisotopic (exact) mass is 523 g/mol. The molecular weight excluding hydrogens is 490 g/mol. The van der Waals surface area contributed by atoms with Gasteiger partial charge in [-0.2, -0.15) is 0 Å². The first-order valence-corrected chi connectivity index (χ1v) is 13.4. The smallest absolute Gasteiger partial charge is 0.312 e. The lowest BCUT2D eigenvalue weighted by Gasteiger charge is -2.59. The van der Waals surface area contributed by atoms with Crippen molar-refractivity contribution >= 4 is 17.4 Å². The summed E-state index contributed by atoms with van der Waals surface area (Å²) in [6.07, 6.45) is 1.52. The Balaban J connectivity index is 1.53. The molecule has 0 radical (unpaired) electrons. The number of likely N-dealkylation sites (tertiary alicyclic amines) is 1. The number of fused-ring (bicyclic) bond motifs is 1. The number of para-hydroxylation sites is 1. The number of hydrogen-bond acceptors (Lipinski definition) is 4. The van der Waals surface area contributed by atoms with Crippen LogP contribution in [-0.2, 0) is 15.0 Å². The standard InChI is InChI=1S/C33H33NO5/c1-20-12-14-22(15-13-20)32-17-16-25(29-24(32)9-7-11-27(29)39-4)33(31(36)37)19-34(18-28(32)33)30(35)21(2)23-8-5-6-10-26(23)38-3/h5-15,25,28H,2,16-19H2,1,3-4H3,(H,36,37). The number of methoxy groups -OCH3 is 2. The van der Waals surface area contributed by atoms with Crippen LogP contribution >= 0.6 is 0 Å². The van der Waals surface area contributed by atoms with Crippen molar-refractivity contribution in [3.05, 3.63) is 101 Å². The number of aryl methyl sites for hydroxylation is 1. The lowest BCUT2D eigenvalue weighted by molar-refractivity contribution is -0.157. The van der Waals surface area contributed by atoms with Crippen LogP contribution in [0.2, 0.25) is 0 Å². The van der Waals surface area contributed by atoms with E-state index in [0.29, 0.717) is 29.9 Å². The van der Waals surface area contributed by atoms with Crippen molar-refractivity contribution in [3.8, 4) is 11.5 Å². The first-order valence-electron chi connectivity index (χ1n) is 13.4. The van der Waals surface area contributed by atoms with Gasteiger partial charge >= 0.3 is 5.97 Å². The van der Waals surface area contributed by atoms with Gasteiger partial charge in [0.25, 0.3) is 5.91 Å². The Hall–Kier alpha value is -4.06. The topological polar surface area (TPSA) is 76.1 Å². The highest BCUT2D eigenvalue weighted by molar-refractivity contribution is 6.19. The van der Waals surface area contributed by atoms with Crippen molar-refractivity contribution in [2.24, 2.45) is 11.3 Å². The minimum Gasteiger partial charge on any atom is -0.496 e. The zero-order chi connectivity index (χ0) is 27.5. The summed E-state index contributed by atoms with van der Waals surface area (Å²) in [5.41, 5.74) is 3.54. The Kier molecular flexibility index (Phi) is 5.83. The van der Waals surface area contributed by atoms with Crippen LogP contribution in [0, 0.1) is 18.3 Å². The Morgan fingerprint density at radius 2 is 1.67 bits per heavy atom. The molecule has 3 aromatic carbocycles. The average Bonchev–Trinajstić information content (AvgIpc) is 3.41. The highest BCUT2D eigenvalue weighted by Gasteiger charge is 2.71. The molecule has 6 nitrogen and oxygen atoms in total. The van der Waals surface area contributed by atoms with E-state index in [4.69, 9.17) is 9.47 Å². The van der Waals surface area contributed by atoms with E-state index in [0.717, 1.165) is 34.4 Å². The average molecular weight is 524 g/mol. The van der Waals surface area contributed by atoms with Crippen LogP contribution in [0.4, 0.5) is 0 Å². The van der Waals surface area contributed by atoms with Crippen molar-refractivity contribution in [2.45, 2.75) is 31.1 Å². The molecule has 2 bridgehead atoms. The van der Waals surface area contributed by atoms with Gasteiger partial charge in [-0.05, 0) is 43.0 Å². The summed E-state index contributed by atoms with van der Waals surface area (Å²) in [7, 11) is 3.21. The van der Waals surface area contributed by atoms with Crippen LogP contribution in [0.15, 0.2) is 73.3 Å². The molecule has 4 atom stereocenters. The first kappa shape index (κ1) is 25.2. The van der Waals surface area contributed by atoms with E-state index in [1.165, 1.54) is 0 Å². The van der Waals surface area contributed by atoms with E-state index in [1.54, 1.807) is 25.2 Å². The molecule has 1 amide bonds. The molecule has 7 rings (SSSR count). The second kappa shape index (κ2) is 9.01. The van der Waals surface area contributed by atoms with Gasteiger partial charge in [-0.25, -0.2) is 0 Å². The fraction of sp³-hybridized carbons (Fsp3) is 0.333. The van der Waals surface area contributed by atoms with Crippen molar-refractivity contribution in [2.75, 3.05) is 27.3 Å². The number of hydrogen-bond donors (Lipinski definition) is 1. The second-order valence-corrected chi connectivity index (χ2v) is 11.1. The maximum absolute atomic E-state index is 14.0. The van der Waals surface area contributed by atoms with Gasteiger partial charge in [0.15, 0.2) is 0 Å². The Morgan fingerprint density at radius 3 is 2.36 bits per heavy atom. The number of carbonyl (C=O) groups excluding carboxylic acids is 1. The third-order valence-electron chi connectivity index (χ3n) is 9.58. The van der Waals surface area contributed by atoms with Crippen LogP contribution in [-0.4, -0.2) is 49.2 Å². The van der Waals surface area contributed by atoms with Crippen molar-refractivity contribution in [3.63, 3.8) is 0 Å². The lowest BCUT2D eigenvalue weighted by Crippen LogP contribution is -2.60. The van der Waals surface area contributed by atoms with E-state index in [9.17, 15) is 14.7 Å². The summed E-state index contributed by atoms with van der Waals surface area (Å²) in [4.78, 5) is 29.2. The van der Waals surface area contributed by atoms with E-state index in [2.05, 4.69) is 43.8 Å². The fourth-order valence-electron chi connectivity index (χ4n) is 7.89. The predicted octanol–water partition coefficient (Wildman–Crippen LogP) is 5.43. The van der Waals surface area contributed by atoms with E-state index >= 15 is 0 Å². The summed E-state index contributed by atoms with van der Waals surface area (Å²) in [6.45, 7) is 6.64. The molecule has 1 saturated carbocycles. The normalized spacial score (nSPS) is 26.5. The molecule has 0 spiro atoms. The molecule has 1 heterocycles. The maximum atomic E-state index is 14.0. The summed E-state index contributed by atoms with van der Waals surface area (Å²) in [5.74, 6) is -0.411. The minimum atomic E-state index is -1.15. The van der Waals surface area contributed by atoms with Gasteiger partial charge in [0, 0.05) is 47.0 Å². The van der Waals surface area contributed by atoms with Gasteiger partial charge in [0.05, 0.1) is 19.6 Å². The highest BCUT2D eigenvalue weighted by Crippen LogP contribution is 2.70. The first-order chi connectivity index (χ1) is 18.8. The molecular formula is C33H33NO5. The molecule has 1 N–H and O–H groups in total. The lowest BCUT2D eigenvalue weighted by atomic mass is 9.42. The molecule has 3 aliphatic carbocycles. The van der Waals surface area contributed by atoms with Crippen LogP contribution in [0.3, 0.4) is 0 Å². The van der Waals surface area contributed by atoms with Crippen molar-refractivity contribution in [1.29, 1.82) is 0 Å². The number of benzene rings is 3. The second-order valence-electron chi connectivity index (χ2n) is 11.1. The highest BCUT2D eigenvalue weighted by atomic mass is 16.5. The van der Waals surface area contributed by atoms with Gasteiger partial charge in [-0.15, -0.1) is 0 Å². The Bertz CT molecular complexity index is 1490. The molecule has 1 aliphatic heterocycles. The molecule has 200 valence electrons. The summed E-state index contributed by atoms with van der Waals surface area (Å²) in [5, 5.41) is 11.0. The number of carboxylic acid groups (broad SMARTS) is 1. The number of carbonyl (C=O) groups is 2. The number of nitrogens with zero attached hydrogens (tertiary/aromatic N) is 1. The van der Waals surface area contributed by atoms with Gasteiger partial charge in [-0.1, -0.05) is 66.7 Å². The van der Waals surface area contributed by atoms with Crippen LogP contribution in [0.1, 0.15) is 46.6 Å². The van der Waals surface area contributed by atoms with E-state index in [1.807, 2.05) is 30.3 Å². The maximum Gasteiger partial charge on any atom is 0.312 e. The van der Waals surface area contributed by atoms with Crippen LogP contribution < -0.4 is 9.47 Å². The number of aliphatic carboxylic acids is 1. The van der Waals surface area contributed by atoms with Gasteiger partial charge in [0.1, 0.15) is 11.5 Å². The SMILES string of the molecule is C=C(C(=O)N1CC2C3(c4ccc(C)cc4)CCC(c4c(OC)cccc43)C2(C(=O)O)C1)c1ccccc1OC. The minimum absolute atomic E-state index is 0.121. The number of rotatable bonds is 6. The molecule has 1 saturated heterocycles. The number of carboxylic acids is 1. The van der Waals surface area contributed by atoms with E-state index in [-0.39, 0.29) is 24.3 Å². The molecule has 0 aromatic heterocycles. The molecule has 39 heavy (non-hydrogen) atoms. The fourth-order valence-corrected chi connectivity index (χ4v) is 7.89. The van der Waals surface area contributed by atoms with Crippen LogP contribution in [0.5, 0.6) is 11.5 Å². The zero-order valence-electron chi connectivity index (χ0n) is 22.6. The van der Waals surface area contributed by atoms with Gasteiger partial charge < -0.3 is 19.5 Å². The van der Waals surface area contributed by atoms with Crippen LogP contribution in [0.25, 0.3) is 5.57 Å². The van der Waals surface area contributed by atoms with Crippen molar-refractivity contribution < 1.29 is 24.2 Å². The van der Waals surface area contributed by atoms with E-state index < -0.39 is 16.8 Å². The number of ether oxygens (including phenoxy) is 2. The summed E-state index contributed by atoms with van der Waals surface area (Å²) < 4.78 is 11.3. The van der Waals surface area contributed by atoms with Gasteiger partial charge in [0.2, 0.25) is 0 Å². The third kappa shape index (κ3) is 3.33. The molecule has 2 fully saturated rings. The Labute approximate surface area is 228 Å².